The van der Waals surface area contributed by atoms with E-state index in [2.05, 4.69) is 36.0 Å². The highest BCUT2D eigenvalue weighted by Gasteiger charge is 2.25. The summed E-state index contributed by atoms with van der Waals surface area (Å²) in [6.45, 7) is 11.2. The van der Waals surface area contributed by atoms with Crippen LogP contribution in [-0.4, -0.2) is 58.4 Å². The molecule has 0 unspecified atom stereocenters. The smallest absolute Gasteiger partial charge is 0.273 e. The molecule has 0 aromatic carbocycles. The van der Waals surface area contributed by atoms with Crippen LogP contribution in [0.15, 0.2) is 10.8 Å². The van der Waals surface area contributed by atoms with Gasteiger partial charge in [-0.05, 0) is 6.54 Å². The molecule has 2 aromatic rings. The Morgan fingerprint density at radius 1 is 1.15 bits per heavy atom. The van der Waals surface area contributed by atoms with Gasteiger partial charge in [-0.3, -0.25) is 9.69 Å². The first-order valence-electron chi connectivity index (χ1n) is 8.98. The van der Waals surface area contributed by atoms with Gasteiger partial charge in [-0.25, -0.2) is 9.97 Å². The number of nitrogens with zero attached hydrogens (tertiary/aromatic N) is 4. The van der Waals surface area contributed by atoms with Gasteiger partial charge in [0.25, 0.3) is 5.91 Å². The number of rotatable bonds is 5. The van der Waals surface area contributed by atoms with Gasteiger partial charge in [0.2, 0.25) is 0 Å². The Morgan fingerprint density at radius 2 is 1.88 bits per heavy atom. The fourth-order valence-corrected chi connectivity index (χ4v) is 4.56. The molecule has 0 saturated carbocycles. The molecule has 0 aliphatic carbocycles. The van der Waals surface area contributed by atoms with Crippen molar-refractivity contribution < 1.29 is 4.79 Å². The fourth-order valence-electron chi connectivity index (χ4n) is 2.87. The second kappa shape index (κ2) is 8.12. The molecule has 2 aromatic heterocycles. The minimum absolute atomic E-state index is 0.0350. The minimum Gasteiger partial charge on any atom is -0.335 e. The SMILES string of the molecule is CC(C)(C)c1nc(CN2CCN(C(=O)c3csc(CCN)n3)CC2)cs1. The highest BCUT2D eigenvalue weighted by Crippen LogP contribution is 2.26. The molecule has 3 heterocycles. The van der Waals surface area contributed by atoms with E-state index in [9.17, 15) is 4.79 Å². The number of hydrogen-bond donors (Lipinski definition) is 1. The van der Waals surface area contributed by atoms with E-state index in [1.165, 1.54) is 16.3 Å². The van der Waals surface area contributed by atoms with Crippen molar-refractivity contribution in [1.82, 2.24) is 19.8 Å². The number of amides is 1. The van der Waals surface area contributed by atoms with E-state index in [-0.39, 0.29) is 11.3 Å². The Hall–Kier alpha value is -1.35. The van der Waals surface area contributed by atoms with Crippen molar-refractivity contribution in [1.29, 1.82) is 0 Å². The minimum atomic E-state index is 0.0350. The third-order valence-corrected chi connectivity index (χ3v) is 6.59. The lowest BCUT2D eigenvalue weighted by molar-refractivity contribution is 0.0622. The van der Waals surface area contributed by atoms with E-state index in [1.807, 2.05) is 10.3 Å². The van der Waals surface area contributed by atoms with Crippen LogP contribution in [-0.2, 0) is 18.4 Å². The van der Waals surface area contributed by atoms with E-state index < -0.39 is 0 Å². The summed E-state index contributed by atoms with van der Waals surface area (Å²) in [4.78, 5) is 26.1. The van der Waals surface area contributed by atoms with Crippen LogP contribution >= 0.6 is 22.7 Å². The first-order chi connectivity index (χ1) is 12.4. The molecule has 0 atom stereocenters. The van der Waals surface area contributed by atoms with Crippen LogP contribution in [0, 0.1) is 0 Å². The molecule has 8 heteroatoms. The summed E-state index contributed by atoms with van der Waals surface area (Å²) in [5, 5.41) is 6.13. The highest BCUT2D eigenvalue weighted by atomic mass is 32.1. The number of carbonyl (C=O) groups is 1. The van der Waals surface area contributed by atoms with E-state index >= 15 is 0 Å². The average molecular weight is 394 g/mol. The first kappa shape index (κ1) is 19.4. The molecule has 0 radical (unpaired) electrons. The van der Waals surface area contributed by atoms with Gasteiger partial charge in [0, 0.05) is 55.3 Å². The predicted molar refractivity (Wildman–Crippen MR) is 107 cm³/mol. The van der Waals surface area contributed by atoms with Gasteiger partial charge in [0.05, 0.1) is 15.7 Å². The summed E-state index contributed by atoms with van der Waals surface area (Å²) in [6.07, 6.45) is 0.732. The Morgan fingerprint density at radius 3 is 2.50 bits per heavy atom. The summed E-state index contributed by atoms with van der Waals surface area (Å²) in [5.74, 6) is 0.0350. The molecule has 0 bridgehead atoms. The molecule has 6 nitrogen and oxygen atoms in total. The van der Waals surface area contributed by atoms with Crippen LogP contribution in [0.3, 0.4) is 0 Å². The standard InChI is InChI=1S/C18H27N5OS2/c1-18(2,3)17-20-13(11-26-17)10-22-6-8-23(9-7-22)16(24)14-12-25-15(21-14)4-5-19/h11-12H,4-10,19H2,1-3H3. The fraction of sp³-hybridized carbons (Fsp3) is 0.611. The number of thiazole rings is 2. The quantitative estimate of drug-likeness (QED) is 0.844. The van der Waals surface area contributed by atoms with Crippen molar-refractivity contribution in [2.75, 3.05) is 32.7 Å². The van der Waals surface area contributed by atoms with E-state index in [0.717, 1.165) is 49.8 Å². The lowest BCUT2D eigenvalue weighted by atomic mass is 9.98. The number of aromatic nitrogens is 2. The zero-order chi connectivity index (χ0) is 18.7. The van der Waals surface area contributed by atoms with Gasteiger partial charge in [-0.2, -0.15) is 0 Å². The van der Waals surface area contributed by atoms with Crippen molar-refractivity contribution in [2.24, 2.45) is 5.73 Å². The van der Waals surface area contributed by atoms with Crippen LogP contribution in [0.2, 0.25) is 0 Å². The van der Waals surface area contributed by atoms with Crippen molar-refractivity contribution in [3.63, 3.8) is 0 Å². The van der Waals surface area contributed by atoms with Gasteiger partial charge in [-0.15, -0.1) is 22.7 Å². The molecular weight excluding hydrogens is 366 g/mol. The van der Waals surface area contributed by atoms with Gasteiger partial charge in [0.1, 0.15) is 5.69 Å². The molecule has 1 fully saturated rings. The summed E-state index contributed by atoms with van der Waals surface area (Å²) in [7, 11) is 0. The average Bonchev–Trinajstić information content (AvgIpc) is 3.24. The maximum absolute atomic E-state index is 12.6. The first-order valence-corrected chi connectivity index (χ1v) is 10.7. The monoisotopic (exact) mass is 393 g/mol. The molecule has 1 amide bonds. The lowest BCUT2D eigenvalue weighted by Gasteiger charge is -2.34. The van der Waals surface area contributed by atoms with Crippen molar-refractivity contribution in [2.45, 2.75) is 39.2 Å². The molecular formula is C18H27N5OS2. The third-order valence-electron chi connectivity index (χ3n) is 4.37. The van der Waals surface area contributed by atoms with E-state index in [1.54, 1.807) is 11.3 Å². The molecule has 142 valence electrons. The third kappa shape index (κ3) is 4.68. The second-order valence-corrected chi connectivity index (χ2v) is 9.43. The molecule has 1 saturated heterocycles. The Bertz CT molecular complexity index is 741. The topological polar surface area (TPSA) is 75.4 Å². The van der Waals surface area contributed by atoms with E-state index in [4.69, 9.17) is 10.7 Å². The van der Waals surface area contributed by atoms with Crippen LogP contribution in [0.1, 0.15) is 47.0 Å². The number of nitrogens with two attached hydrogens (primary N) is 1. The van der Waals surface area contributed by atoms with E-state index in [0.29, 0.717) is 12.2 Å². The molecule has 0 spiro atoms. The maximum atomic E-state index is 12.6. The van der Waals surface area contributed by atoms with Crippen LogP contribution in [0.5, 0.6) is 0 Å². The lowest BCUT2D eigenvalue weighted by Crippen LogP contribution is -2.48. The van der Waals surface area contributed by atoms with Crippen molar-refractivity contribution >= 4 is 28.6 Å². The van der Waals surface area contributed by atoms with Gasteiger partial charge in [-0.1, -0.05) is 20.8 Å². The molecule has 2 N–H and O–H groups in total. The van der Waals surface area contributed by atoms with Gasteiger partial charge >= 0.3 is 0 Å². The molecule has 1 aliphatic heterocycles. The summed E-state index contributed by atoms with van der Waals surface area (Å²) < 4.78 is 0. The zero-order valence-electron chi connectivity index (χ0n) is 15.7. The Kier molecular flexibility index (Phi) is 6.06. The van der Waals surface area contributed by atoms with Gasteiger partial charge < -0.3 is 10.6 Å². The van der Waals surface area contributed by atoms with Crippen LogP contribution in [0.25, 0.3) is 0 Å². The number of carbonyl (C=O) groups excluding carboxylic acids is 1. The summed E-state index contributed by atoms with van der Waals surface area (Å²) >= 11 is 3.25. The Labute approximate surface area is 163 Å². The zero-order valence-corrected chi connectivity index (χ0v) is 17.3. The molecule has 1 aliphatic rings. The second-order valence-electron chi connectivity index (χ2n) is 7.63. The van der Waals surface area contributed by atoms with Crippen molar-refractivity contribution in [3.05, 3.63) is 32.2 Å². The normalized spacial score (nSPS) is 16.2. The van der Waals surface area contributed by atoms with Crippen LogP contribution < -0.4 is 5.73 Å². The predicted octanol–water partition coefficient (Wildman–Crippen LogP) is 2.36. The number of hydrogen-bond acceptors (Lipinski definition) is 7. The van der Waals surface area contributed by atoms with Crippen molar-refractivity contribution in [3.8, 4) is 0 Å². The Balaban J connectivity index is 1.52. The highest BCUT2D eigenvalue weighted by molar-refractivity contribution is 7.10. The summed E-state index contributed by atoms with van der Waals surface area (Å²) in [5.41, 5.74) is 7.34. The molecule has 3 rings (SSSR count). The molecule has 26 heavy (non-hydrogen) atoms. The largest absolute Gasteiger partial charge is 0.335 e. The summed E-state index contributed by atoms with van der Waals surface area (Å²) in [6, 6.07) is 0. The van der Waals surface area contributed by atoms with Gasteiger partial charge in [0.15, 0.2) is 0 Å². The maximum Gasteiger partial charge on any atom is 0.273 e. The number of piperazine rings is 1. The van der Waals surface area contributed by atoms with Crippen LogP contribution in [0.4, 0.5) is 0 Å².